The highest BCUT2D eigenvalue weighted by Crippen LogP contribution is 2.03. The van der Waals surface area contributed by atoms with Crippen LogP contribution in [0.1, 0.15) is 20.9 Å². The highest BCUT2D eigenvalue weighted by molar-refractivity contribution is 7.09. The van der Waals surface area contributed by atoms with Gasteiger partial charge in [0.15, 0.2) is 0 Å². The van der Waals surface area contributed by atoms with Crippen molar-refractivity contribution in [3.05, 3.63) is 92.9 Å². The van der Waals surface area contributed by atoms with Gasteiger partial charge in [-0.1, -0.05) is 47.1 Å². The second kappa shape index (κ2) is 13.1. The Hall–Kier alpha value is -2.24. The molecule has 0 aliphatic heterocycles. The predicted molar refractivity (Wildman–Crippen MR) is 108 cm³/mol. The van der Waals surface area contributed by atoms with Crippen LogP contribution in [0.4, 0.5) is 0 Å². The molecular formula is C20H24N2OS2. The molecule has 0 bridgehead atoms. The summed E-state index contributed by atoms with van der Waals surface area (Å²) >= 11 is 3.44. The molecule has 0 fully saturated rings. The van der Waals surface area contributed by atoms with Gasteiger partial charge in [0.05, 0.1) is 11.7 Å². The van der Waals surface area contributed by atoms with Crippen molar-refractivity contribution in [3.8, 4) is 0 Å². The molecule has 4 rings (SSSR count). The number of thiazole rings is 1. The number of thiophene rings is 1. The first-order valence-corrected chi connectivity index (χ1v) is 9.56. The van der Waals surface area contributed by atoms with Crippen LogP contribution in [-0.4, -0.2) is 10.1 Å². The molecule has 0 aliphatic rings. The molecule has 0 spiro atoms. The first-order valence-electron chi connectivity index (χ1n) is 7.80. The molecule has 0 aliphatic carbocycles. The Kier molecular flexibility index (Phi) is 10.9. The van der Waals surface area contributed by atoms with Gasteiger partial charge < -0.3 is 4.52 Å². The Balaban J connectivity index is 0.000000167. The number of hydrogen-bond donors (Lipinski definition) is 0. The van der Waals surface area contributed by atoms with E-state index in [2.05, 4.69) is 58.2 Å². The summed E-state index contributed by atoms with van der Waals surface area (Å²) in [5.74, 6) is 0. The number of aryl methyl sites for hydroxylation is 4. The molecular weight excluding hydrogens is 348 g/mol. The summed E-state index contributed by atoms with van der Waals surface area (Å²) in [5, 5.41) is 5.53. The third-order valence-corrected chi connectivity index (χ3v) is 4.22. The van der Waals surface area contributed by atoms with Gasteiger partial charge in [0.25, 0.3) is 0 Å². The van der Waals surface area contributed by atoms with Gasteiger partial charge in [-0.15, -0.1) is 22.7 Å². The third kappa shape index (κ3) is 11.9. The minimum atomic E-state index is 1.06. The van der Waals surface area contributed by atoms with Gasteiger partial charge in [-0.2, -0.15) is 0 Å². The quantitative estimate of drug-likeness (QED) is 0.354. The molecule has 4 aromatic rings. The number of rotatable bonds is 0. The average molecular weight is 373 g/mol. The molecule has 0 saturated heterocycles. The maximum atomic E-state index is 4.46. The number of nitrogens with zero attached hydrogens (tertiary/aromatic N) is 2. The molecule has 25 heavy (non-hydrogen) atoms. The zero-order valence-corrected chi connectivity index (χ0v) is 16.7. The van der Waals surface area contributed by atoms with Crippen LogP contribution < -0.4 is 0 Å². The molecule has 0 radical (unpaired) electrons. The molecule has 0 atom stereocenters. The lowest BCUT2D eigenvalue weighted by Crippen LogP contribution is -1.62. The van der Waals surface area contributed by atoms with Gasteiger partial charge in [0, 0.05) is 21.5 Å². The van der Waals surface area contributed by atoms with Gasteiger partial charge in [-0.25, -0.2) is 0 Å². The van der Waals surface area contributed by atoms with E-state index in [-0.39, 0.29) is 0 Å². The van der Waals surface area contributed by atoms with Crippen molar-refractivity contribution in [2.24, 2.45) is 0 Å². The summed E-state index contributed by atoms with van der Waals surface area (Å²) < 4.78 is 4.46. The maximum absolute atomic E-state index is 4.46. The Labute approximate surface area is 158 Å². The van der Waals surface area contributed by atoms with Crippen molar-refractivity contribution in [1.82, 2.24) is 10.1 Å². The Morgan fingerprint density at radius 1 is 0.760 bits per heavy atom. The standard InChI is InChI=1S/C7H8.C5H6S.C4H5NO.C4H5NS/c1-7-5-3-2-4-6-7;1-5-3-2-4-6-5;1-4-2-5-6-3-4;1-4-2-5-3-6-4/h2-6H,1H3;2-4H,1H3;2*2-3H,1H3. The van der Waals surface area contributed by atoms with Crippen molar-refractivity contribution < 1.29 is 4.52 Å². The van der Waals surface area contributed by atoms with E-state index in [4.69, 9.17) is 0 Å². The van der Waals surface area contributed by atoms with Crippen LogP contribution >= 0.6 is 22.7 Å². The third-order valence-electron chi connectivity index (χ3n) is 2.72. The van der Waals surface area contributed by atoms with E-state index in [1.807, 2.05) is 43.8 Å². The molecule has 3 nitrogen and oxygen atoms in total. The lowest BCUT2D eigenvalue weighted by Gasteiger charge is -1.82. The number of hydrogen-bond acceptors (Lipinski definition) is 5. The summed E-state index contributed by atoms with van der Waals surface area (Å²) in [6, 6.07) is 14.4. The van der Waals surface area contributed by atoms with Crippen LogP contribution in [0.25, 0.3) is 0 Å². The van der Waals surface area contributed by atoms with Gasteiger partial charge >= 0.3 is 0 Å². The fourth-order valence-corrected chi connectivity index (χ4v) is 2.37. The molecule has 0 amide bonds. The number of aromatic nitrogens is 2. The fourth-order valence-electron chi connectivity index (χ4n) is 1.43. The predicted octanol–water partition coefficient (Wildman–Crippen LogP) is 6.49. The van der Waals surface area contributed by atoms with E-state index < -0.39 is 0 Å². The summed E-state index contributed by atoms with van der Waals surface area (Å²) in [5.41, 5.74) is 4.22. The second-order valence-corrected chi connectivity index (χ2v) is 7.43. The van der Waals surface area contributed by atoms with Crippen molar-refractivity contribution in [2.45, 2.75) is 27.7 Å². The van der Waals surface area contributed by atoms with Crippen LogP contribution in [0, 0.1) is 27.7 Å². The van der Waals surface area contributed by atoms with Crippen LogP contribution in [0.2, 0.25) is 0 Å². The molecule has 5 heteroatoms. The van der Waals surface area contributed by atoms with Gasteiger partial charge in [-0.05, 0) is 39.1 Å². The minimum Gasteiger partial charge on any atom is -0.365 e. The van der Waals surface area contributed by atoms with Gasteiger partial charge in [0.2, 0.25) is 0 Å². The topological polar surface area (TPSA) is 38.9 Å². The molecule has 0 N–H and O–H groups in total. The van der Waals surface area contributed by atoms with Crippen molar-refractivity contribution in [3.63, 3.8) is 0 Å². The second-order valence-electron chi connectivity index (χ2n) is 5.19. The van der Waals surface area contributed by atoms with Crippen LogP contribution in [0.3, 0.4) is 0 Å². The molecule has 3 aromatic heterocycles. The molecule has 3 heterocycles. The van der Waals surface area contributed by atoms with E-state index in [1.54, 1.807) is 35.1 Å². The highest BCUT2D eigenvalue weighted by atomic mass is 32.1. The minimum absolute atomic E-state index is 1.06. The van der Waals surface area contributed by atoms with Crippen LogP contribution in [0.5, 0.6) is 0 Å². The van der Waals surface area contributed by atoms with E-state index >= 15 is 0 Å². The molecule has 0 saturated carbocycles. The first-order chi connectivity index (χ1) is 12.1. The largest absolute Gasteiger partial charge is 0.365 e. The van der Waals surface area contributed by atoms with E-state index in [9.17, 15) is 0 Å². The maximum Gasteiger partial charge on any atom is 0.126 e. The van der Waals surface area contributed by atoms with E-state index in [1.165, 1.54) is 15.3 Å². The van der Waals surface area contributed by atoms with E-state index in [0.29, 0.717) is 0 Å². The zero-order valence-electron chi connectivity index (χ0n) is 15.0. The molecule has 132 valence electrons. The zero-order chi connectivity index (χ0) is 18.3. The van der Waals surface area contributed by atoms with Crippen LogP contribution in [0.15, 0.2) is 76.5 Å². The Morgan fingerprint density at radius 2 is 1.52 bits per heavy atom. The SMILES string of the molecule is Cc1ccccc1.Cc1cccs1.Cc1cncs1.Cc1cnoc1. The first kappa shape index (κ1) is 20.8. The molecule has 0 unspecified atom stereocenters. The van der Waals surface area contributed by atoms with E-state index in [0.717, 1.165) is 5.56 Å². The molecule has 1 aromatic carbocycles. The average Bonchev–Trinajstić information content (AvgIpc) is 3.36. The lowest BCUT2D eigenvalue weighted by atomic mass is 10.2. The monoisotopic (exact) mass is 372 g/mol. The lowest BCUT2D eigenvalue weighted by molar-refractivity contribution is 0.419. The Bertz CT molecular complexity index is 658. The highest BCUT2D eigenvalue weighted by Gasteiger charge is 1.78. The van der Waals surface area contributed by atoms with Crippen LogP contribution in [-0.2, 0) is 0 Å². The van der Waals surface area contributed by atoms with Gasteiger partial charge in [-0.3, -0.25) is 4.98 Å². The summed E-state index contributed by atoms with van der Waals surface area (Å²) in [4.78, 5) is 6.50. The Morgan fingerprint density at radius 3 is 1.72 bits per heavy atom. The smallest absolute Gasteiger partial charge is 0.126 e. The fraction of sp³-hybridized carbons (Fsp3) is 0.200. The summed E-state index contributed by atoms with van der Waals surface area (Å²) in [7, 11) is 0. The summed E-state index contributed by atoms with van der Waals surface area (Å²) in [6.07, 6.45) is 5.12. The van der Waals surface area contributed by atoms with Gasteiger partial charge in [0.1, 0.15) is 6.26 Å². The number of benzene rings is 1. The van der Waals surface area contributed by atoms with Crippen molar-refractivity contribution >= 4 is 22.7 Å². The van der Waals surface area contributed by atoms with Crippen molar-refractivity contribution in [2.75, 3.05) is 0 Å². The van der Waals surface area contributed by atoms with Crippen molar-refractivity contribution in [1.29, 1.82) is 0 Å². The normalized spacial score (nSPS) is 8.80. The summed E-state index contributed by atoms with van der Waals surface area (Å²) in [6.45, 7) is 8.15.